The van der Waals surface area contributed by atoms with Crippen molar-refractivity contribution in [2.45, 2.75) is 32.6 Å². The molecule has 1 N–H and O–H groups in total. The minimum atomic E-state index is -3.68. The summed E-state index contributed by atoms with van der Waals surface area (Å²) in [6.45, 7) is 7.85. The van der Waals surface area contributed by atoms with Crippen LogP contribution in [-0.2, 0) is 10.0 Å². The average molecular weight is 462 g/mol. The number of rotatable bonds is 7. The van der Waals surface area contributed by atoms with Crippen molar-refractivity contribution < 1.29 is 17.6 Å². The summed E-state index contributed by atoms with van der Waals surface area (Å²) in [4.78, 5) is 18.3. The molecule has 0 saturated heterocycles. The molecule has 2 aromatic carbocycles. The molecule has 6 nitrogen and oxygen atoms in total. The minimum Gasteiger partial charge on any atom is -0.298 e. The first-order valence-electron chi connectivity index (χ1n) is 9.82. The monoisotopic (exact) mass is 461 g/mol. The van der Waals surface area contributed by atoms with Gasteiger partial charge in [-0.25, -0.2) is 17.8 Å². The second-order valence-corrected chi connectivity index (χ2v) is 10.1. The predicted octanol–water partition coefficient (Wildman–Crippen LogP) is 4.85. The SMILES string of the molecule is CCN(CC)S(=O)(=O)c1ccc(C)c(C(=O)Nc2nc(-c3ccc(F)cc3)c(C)s2)c1. The van der Waals surface area contributed by atoms with E-state index in [1.54, 1.807) is 39.0 Å². The van der Waals surface area contributed by atoms with Gasteiger partial charge in [0.05, 0.1) is 10.6 Å². The summed E-state index contributed by atoms with van der Waals surface area (Å²) in [6, 6.07) is 10.5. The Morgan fingerprint density at radius 1 is 1.10 bits per heavy atom. The normalized spacial score (nSPS) is 11.7. The predicted molar refractivity (Wildman–Crippen MR) is 121 cm³/mol. The Labute approximate surface area is 185 Å². The maximum atomic E-state index is 13.2. The molecule has 0 unspecified atom stereocenters. The fourth-order valence-corrected chi connectivity index (χ4v) is 5.52. The Balaban J connectivity index is 1.89. The van der Waals surface area contributed by atoms with E-state index in [-0.39, 0.29) is 16.3 Å². The van der Waals surface area contributed by atoms with Gasteiger partial charge in [0.1, 0.15) is 5.82 Å². The lowest BCUT2D eigenvalue weighted by atomic mass is 10.1. The number of hydrogen-bond donors (Lipinski definition) is 1. The average Bonchev–Trinajstić information content (AvgIpc) is 3.09. The largest absolute Gasteiger partial charge is 0.298 e. The molecular formula is C22H24FN3O3S2. The summed E-state index contributed by atoms with van der Waals surface area (Å²) >= 11 is 1.30. The molecular weight excluding hydrogens is 437 g/mol. The summed E-state index contributed by atoms with van der Waals surface area (Å²) < 4.78 is 40.2. The number of benzene rings is 2. The molecule has 0 aliphatic carbocycles. The first-order valence-corrected chi connectivity index (χ1v) is 12.1. The number of carbonyl (C=O) groups excluding carboxylic acids is 1. The summed E-state index contributed by atoms with van der Waals surface area (Å²) in [7, 11) is -3.68. The summed E-state index contributed by atoms with van der Waals surface area (Å²) in [6.07, 6.45) is 0. The standard InChI is InChI=1S/C22H24FN3O3S2/c1-5-26(6-2)31(28,29)18-12-7-14(3)19(13-18)21(27)25-22-24-20(15(4)30-22)16-8-10-17(23)11-9-16/h7-13H,5-6H2,1-4H3,(H,24,25,27). The van der Waals surface area contributed by atoms with Crippen LogP contribution in [0.25, 0.3) is 11.3 Å². The summed E-state index contributed by atoms with van der Waals surface area (Å²) in [5.41, 5.74) is 2.33. The molecule has 164 valence electrons. The van der Waals surface area contributed by atoms with Crippen LogP contribution >= 0.6 is 11.3 Å². The van der Waals surface area contributed by atoms with E-state index in [1.165, 1.54) is 39.9 Å². The topological polar surface area (TPSA) is 79.4 Å². The fraction of sp³-hybridized carbons (Fsp3) is 0.273. The second-order valence-electron chi connectivity index (χ2n) is 6.95. The first-order chi connectivity index (χ1) is 14.7. The molecule has 0 aliphatic heterocycles. The molecule has 0 fully saturated rings. The molecule has 0 aliphatic rings. The van der Waals surface area contributed by atoms with E-state index < -0.39 is 15.9 Å². The number of carbonyl (C=O) groups is 1. The molecule has 0 atom stereocenters. The molecule has 1 amide bonds. The summed E-state index contributed by atoms with van der Waals surface area (Å²) in [5.74, 6) is -0.770. The van der Waals surface area contributed by atoms with Crippen molar-refractivity contribution in [2.24, 2.45) is 0 Å². The van der Waals surface area contributed by atoms with Crippen LogP contribution in [0.3, 0.4) is 0 Å². The van der Waals surface area contributed by atoms with Gasteiger partial charge in [-0.05, 0) is 55.8 Å². The quantitative estimate of drug-likeness (QED) is 0.546. The van der Waals surface area contributed by atoms with Crippen molar-refractivity contribution in [3.05, 3.63) is 64.3 Å². The summed E-state index contributed by atoms with van der Waals surface area (Å²) in [5, 5.41) is 3.15. The highest BCUT2D eigenvalue weighted by molar-refractivity contribution is 7.89. The Bertz CT molecular complexity index is 1200. The van der Waals surface area contributed by atoms with E-state index in [1.807, 2.05) is 6.92 Å². The molecule has 0 saturated carbocycles. The van der Waals surface area contributed by atoms with Crippen LogP contribution in [0.15, 0.2) is 47.4 Å². The minimum absolute atomic E-state index is 0.0780. The van der Waals surface area contributed by atoms with E-state index in [0.717, 1.165) is 10.4 Å². The third-order valence-electron chi connectivity index (χ3n) is 4.93. The van der Waals surface area contributed by atoms with Crippen LogP contribution in [0.4, 0.5) is 9.52 Å². The zero-order valence-electron chi connectivity index (χ0n) is 17.8. The van der Waals surface area contributed by atoms with Crippen LogP contribution in [-0.4, -0.2) is 36.7 Å². The van der Waals surface area contributed by atoms with Gasteiger partial charge >= 0.3 is 0 Å². The van der Waals surface area contributed by atoms with Crippen LogP contribution in [0.2, 0.25) is 0 Å². The van der Waals surface area contributed by atoms with Gasteiger partial charge in [0.2, 0.25) is 10.0 Å². The van der Waals surface area contributed by atoms with E-state index in [0.29, 0.717) is 29.5 Å². The zero-order chi connectivity index (χ0) is 22.8. The third kappa shape index (κ3) is 4.84. The molecule has 1 aromatic heterocycles. The van der Waals surface area contributed by atoms with Crippen molar-refractivity contribution in [3.8, 4) is 11.3 Å². The number of amides is 1. The fourth-order valence-electron chi connectivity index (χ4n) is 3.21. The number of nitrogens with zero attached hydrogens (tertiary/aromatic N) is 2. The molecule has 0 radical (unpaired) electrons. The molecule has 9 heteroatoms. The van der Waals surface area contributed by atoms with E-state index in [2.05, 4.69) is 10.3 Å². The third-order valence-corrected chi connectivity index (χ3v) is 7.86. The highest BCUT2D eigenvalue weighted by Crippen LogP contribution is 2.31. The number of nitrogens with one attached hydrogen (secondary N) is 1. The molecule has 31 heavy (non-hydrogen) atoms. The first kappa shape index (κ1) is 23.1. The van der Waals surface area contributed by atoms with Crippen molar-refractivity contribution in [2.75, 3.05) is 18.4 Å². The van der Waals surface area contributed by atoms with E-state index in [9.17, 15) is 17.6 Å². The lowest BCUT2D eigenvalue weighted by Gasteiger charge is -2.19. The number of sulfonamides is 1. The van der Waals surface area contributed by atoms with Gasteiger partial charge in [-0.2, -0.15) is 4.31 Å². The maximum Gasteiger partial charge on any atom is 0.257 e. The second kappa shape index (κ2) is 9.25. The number of anilines is 1. The van der Waals surface area contributed by atoms with Gasteiger partial charge in [-0.15, -0.1) is 11.3 Å². The van der Waals surface area contributed by atoms with Crippen LogP contribution in [0, 0.1) is 19.7 Å². The van der Waals surface area contributed by atoms with Crippen molar-refractivity contribution in [1.29, 1.82) is 0 Å². The molecule has 3 rings (SSSR count). The number of thiazole rings is 1. The lowest BCUT2D eigenvalue weighted by molar-refractivity contribution is 0.102. The Morgan fingerprint density at radius 3 is 2.35 bits per heavy atom. The Kier molecular flexibility index (Phi) is 6.88. The smallest absolute Gasteiger partial charge is 0.257 e. The highest BCUT2D eigenvalue weighted by Gasteiger charge is 2.24. The number of hydrogen-bond acceptors (Lipinski definition) is 5. The highest BCUT2D eigenvalue weighted by atomic mass is 32.2. The van der Waals surface area contributed by atoms with Crippen LogP contribution in [0.5, 0.6) is 0 Å². The molecule has 0 spiro atoms. The van der Waals surface area contributed by atoms with Crippen molar-refractivity contribution in [3.63, 3.8) is 0 Å². The van der Waals surface area contributed by atoms with E-state index >= 15 is 0 Å². The van der Waals surface area contributed by atoms with Crippen LogP contribution in [0.1, 0.15) is 34.6 Å². The number of halogens is 1. The van der Waals surface area contributed by atoms with Gasteiger partial charge in [0, 0.05) is 29.1 Å². The zero-order valence-corrected chi connectivity index (χ0v) is 19.4. The number of aromatic nitrogens is 1. The van der Waals surface area contributed by atoms with Gasteiger partial charge in [0.25, 0.3) is 5.91 Å². The van der Waals surface area contributed by atoms with Gasteiger partial charge < -0.3 is 0 Å². The van der Waals surface area contributed by atoms with Crippen molar-refractivity contribution >= 4 is 32.4 Å². The van der Waals surface area contributed by atoms with Gasteiger partial charge in [-0.3, -0.25) is 10.1 Å². The van der Waals surface area contributed by atoms with Crippen LogP contribution < -0.4 is 5.32 Å². The Hall–Kier alpha value is -2.62. The van der Waals surface area contributed by atoms with Gasteiger partial charge in [0.15, 0.2) is 5.13 Å². The molecule has 0 bridgehead atoms. The molecule has 3 aromatic rings. The van der Waals surface area contributed by atoms with Gasteiger partial charge in [-0.1, -0.05) is 19.9 Å². The lowest BCUT2D eigenvalue weighted by Crippen LogP contribution is -2.30. The van der Waals surface area contributed by atoms with E-state index in [4.69, 9.17) is 0 Å². The Morgan fingerprint density at radius 2 is 1.74 bits per heavy atom. The molecule has 1 heterocycles. The maximum absolute atomic E-state index is 13.2. The number of aryl methyl sites for hydroxylation is 2. The van der Waals surface area contributed by atoms with Crippen molar-refractivity contribution in [1.82, 2.24) is 9.29 Å².